The Kier molecular flexibility index (Phi) is 6.37. The molecule has 0 atom stereocenters. The van der Waals surface area contributed by atoms with E-state index in [0.717, 1.165) is 5.12 Å². The fourth-order valence-corrected chi connectivity index (χ4v) is 0.248. The van der Waals surface area contributed by atoms with E-state index >= 15 is 0 Å². The maximum Gasteiger partial charge on any atom is 0.360 e. The summed E-state index contributed by atoms with van der Waals surface area (Å²) in [5.41, 5.74) is 1.87. The van der Waals surface area contributed by atoms with Crippen LogP contribution in [0.4, 0.5) is 4.79 Å². The van der Waals surface area contributed by atoms with Crippen molar-refractivity contribution in [1.82, 2.24) is 15.6 Å². The molecule has 0 saturated carbocycles. The Balaban J connectivity index is 0. The van der Waals surface area contributed by atoms with Crippen LogP contribution in [0, 0.1) is 0 Å². The van der Waals surface area contributed by atoms with E-state index in [1.54, 1.807) is 14.1 Å². The molecule has 2 amide bonds. The molecule has 0 spiro atoms. The van der Waals surface area contributed by atoms with Crippen LogP contribution < -0.4 is 17.1 Å². The van der Waals surface area contributed by atoms with Gasteiger partial charge in [-0.05, 0) is 0 Å². The van der Waals surface area contributed by atoms with E-state index in [1.807, 2.05) is 5.43 Å². The minimum Gasteiger partial charge on any atom is -0.274 e. The van der Waals surface area contributed by atoms with E-state index in [1.165, 1.54) is 5.01 Å². The first-order valence-corrected chi connectivity index (χ1v) is 2.32. The Morgan fingerprint density at radius 3 is 2.00 bits per heavy atom. The lowest BCUT2D eigenvalue weighted by molar-refractivity contribution is 0.0629. The summed E-state index contributed by atoms with van der Waals surface area (Å²) in [4.78, 5) is 10.5. The van der Waals surface area contributed by atoms with Gasteiger partial charge in [0.05, 0.1) is 0 Å². The molecular weight excluding hydrogens is 158 g/mol. The average molecular weight is 170 g/mol. The number of carbonyl (C=O) groups excluding carboxylic acids is 1. The highest BCUT2D eigenvalue weighted by atomic mass is 35.5. The third-order valence-electron chi connectivity index (χ3n) is 0.762. The molecular formula is C3H12ClN5O. The average Bonchev–Trinajstić information content (AvgIpc) is 1.84. The lowest BCUT2D eigenvalue weighted by atomic mass is 11.0. The first-order valence-electron chi connectivity index (χ1n) is 2.32. The number of nitrogens with zero attached hydrogens (tertiary/aromatic N) is 2. The SMILES string of the molecule is CN(C)N(N)C(=O)NN.Cl. The predicted octanol–water partition coefficient (Wildman–Crippen LogP) is -1.36. The topological polar surface area (TPSA) is 87.6 Å². The molecule has 0 aliphatic rings. The molecule has 0 rings (SSSR count). The van der Waals surface area contributed by atoms with E-state index < -0.39 is 6.03 Å². The van der Waals surface area contributed by atoms with E-state index in [0.29, 0.717) is 0 Å². The highest BCUT2D eigenvalue weighted by Crippen LogP contribution is 1.79. The van der Waals surface area contributed by atoms with Gasteiger partial charge < -0.3 is 0 Å². The van der Waals surface area contributed by atoms with Crippen LogP contribution >= 0.6 is 12.4 Å². The number of nitrogens with two attached hydrogens (primary N) is 2. The Labute approximate surface area is 65.4 Å². The molecule has 6 nitrogen and oxygen atoms in total. The second-order valence-electron chi connectivity index (χ2n) is 1.64. The molecule has 0 fully saturated rings. The molecule has 0 aliphatic heterocycles. The van der Waals surface area contributed by atoms with Crippen LogP contribution in [0.5, 0.6) is 0 Å². The molecule has 5 N–H and O–H groups in total. The maximum atomic E-state index is 10.5. The Bertz CT molecular complexity index is 107. The summed E-state index contributed by atoms with van der Waals surface area (Å²) in [5, 5.41) is 2.24. The zero-order chi connectivity index (χ0) is 7.44. The van der Waals surface area contributed by atoms with Gasteiger partial charge in [-0.1, -0.05) is 0 Å². The highest BCUT2D eigenvalue weighted by Gasteiger charge is 2.07. The molecule has 7 heteroatoms. The van der Waals surface area contributed by atoms with Gasteiger partial charge >= 0.3 is 6.03 Å². The van der Waals surface area contributed by atoms with Gasteiger partial charge in [0, 0.05) is 14.1 Å². The summed E-state index contributed by atoms with van der Waals surface area (Å²) in [5.74, 6) is 9.90. The molecule has 10 heavy (non-hydrogen) atoms. The third kappa shape index (κ3) is 3.46. The van der Waals surface area contributed by atoms with Crippen LogP contribution in [0.1, 0.15) is 0 Å². The first kappa shape index (κ1) is 12.1. The number of urea groups is 1. The molecule has 0 unspecified atom stereocenters. The number of carbonyl (C=O) groups is 1. The molecule has 0 aromatic rings. The summed E-state index contributed by atoms with van der Waals surface area (Å²) < 4.78 is 0. The van der Waals surface area contributed by atoms with Gasteiger partial charge in [-0.25, -0.2) is 21.5 Å². The van der Waals surface area contributed by atoms with Crippen LogP contribution in [0.2, 0.25) is 0 Å². The highest BCUT2D eigenvalue weighted by molar-refractivity contribution is 5.85. The summed E-state index contributed by atoms with van der Waals surface area (Å²) in [6.07, 6.45) is 0. The predicted molar refractivity (Wildman–Crippen MR) is 39.7 cm³/mol. The minimum absolute atomic E-state index is 0. The number of amides is 2. The number of nitrogens with one attached hydrogen (secondary N) is 1. The normalized spacial score (nSPS) is 8.50. The number of hydrazine groups is 3. The third-order valence-corrected chi connectivity index (χ3v) is 0.762. The van der Waals surface area contributed by atoms with Crippen LogP contribution in [0.25, 0.3) is 0 Å². The summed E-state index contributed by atoms with van der Waals surface area (Å²) >= 11 is 0. The number of hydrogen-bond acceptors (Lipinski definition) is 4. The number of halogens is 1. The Morgan fingerprint density at radius 1 is 1.50 bits per heavy atom. The fourth-order valence-electron chi connectivity index (χ4n) is 0.248. The zero-order valence-corrected chi connectivity index (χ0v) is 6.68. The zero-order valence-electron chi connectivity index (χ0n) is 5.87. The van der Waals surface area contributed by atoms with Crippen molar-refractivity contribution >= 4 is 18.4 Å². The summed E-state index contributed by atoms with van der Waals surface area (Å²) in [6.45, 7) is 0. The number of rotatable bonds is 1. The number of hydrogen-bond donors (Lipinski definition) is 3. The van der Waals surface area contributed by atoms with Crippen molar-refractivity contribution in [3.05, 3.63) is 0 Å². The van der Waals surface area contributed by atoms with Crippen LogP contribution in [-0.4, -0.2) is 30.3 Å². The van der Waals surface area contributed by atoms with Crippen LogP contribution in [0.3, 0.4) is 0 Å². The lowest BCUT2D eigenvalue weighted by Gasteiger charge is -2.21. The van der Waals surface area contributed by atoms with Gasteiger partial charge in [-0.15, -0.1) is 12.4 Å². The first-order chi connectivity index (χ1) is 4.09. The van der Waals surface area contributed by atoms with Crippen molar-refractivity contribution in [1.29, 1.82) is 0 Å². The minimum atomic E-state index is -0.556. The Morgan fingerprint density at radius 2 is 1.90 bits per heavy atom. The quantitative estimate of drug-likeness (QED) is 0.257. The van der Waals surface area contributed by atoms with Gasteiger partial charge in [-0.2, -0.15) is 5.12 Å². The molecule has 0 aromatic carbocycles. The summed E-state index contributed by atoms with van der Waals surface area (Å²) in [6, 6.07) is -0.556. The lowest BCUT2D eigenvalue weighted by Crippen LogP contribution is -2.53. The molecule has 0 saturated heterocycles. The summed E-state index contributed by atoms with van der Waals surface area (Å²) in [7, 11) is 3.24. The van der Waals surface area contributed by atoms with Crippen molar-refractivity contribution in [2.75, 3.05) is 14.1 Å². The molecule has 0 aliphatic carbocycles. The van der Waals surface area contributed by atoms with Crippen molar-refractivity contribution in [3.8, 4) is 0 Å². The standard InChI is InChI=1S/C3H11N5O.ClH/c1-7(2)8(5)3(9)6-4;/h4-5H2,1-2H3,(H,6,9);1H. The van der Waals surface area contributed by atoms with Gasteiger partial charge in [-0.3, -0.25) is 5.43 Å². The van der Waals surface area contributed by atoms with E-state index in [2.05, 4.69) is 0 Å². The van der Waals surface area contributed by atoms with Crippen molar-refractivity contribution in [2.24, 2.45) is 11.7 Å². The van der Waals surface area contributed by atoms with Crippen molar-refractivity contribution in [3.63, 3.8) is 0 Å². The van der Waals surface area contributed by atoms with E-state index in [9.17, 15) is 4.79 Å². The monoisotopic (exact) mass is 169 g/mol. The van der Waals surface area contributed by atoms with Gasteiger partial charge in [0.15, 0.2) is 0 Å². The Hall–Kier alpha value is -0.560. The van der Waals surface area contributed by atoms with Gasteiger partial charge in [0.25, 0.3) is 0 Å². The van der Waals surface area contributed by atoms with Crippen molar-refractivity contribution in [2.45, 2.75) is 0 Å². The molecule has 0 aromatic heterocycles. The molecule has 0 heterocycles. The van der Waals surface area contributed by atoms with E-state index in [4.69, 9.17) is 11.7 Å². The fraction of sp³-hybridized carbons (Fsp3) is 0.667. The largest absolute Gasteiger partial charge is 0.360 e. The maximum absolute atomic E-state index is 10.5. The molecule has 0 bridgehead atoms. The van der Waals surface area contributed by atoms with Crippen molar-refractivity contribution < 1.29 is 4.79 Å². The molecule has 0 radical (unpaired) electrons. The smallest absolute Gasteiger partial charge is 0.274 e. The van der Waals surface area contributed by atoms with Gasteiger partial charge in [0.2, 0.25) is 0 Å². The molecule has 62 valence electrons. The second-order valence-corrected chi connectivity index (χ2v) is 1.64. The van der Waals surface area contributed by atoms with Gasteiger partial charge in [0.1, 0.15) is 0 Å². The van der Waals surface area contributed by atoms with Crippen LogP contribution in [-0.2, 0) is 0 Å². The van der Waals surface area contributed by atoms with Crippen LogP contribution in [0.15, 0.2) is 0 Å². The second kappa shape index (κ2) is 5.24. The van der Waals surface area contributed by atoms with E-state index in [-0.39, 0.29) is 12.4 Å².